The van der Waals surface area contributed by atoms with E-state index in [-0.39, 0.29) is 23.8 Å². The first kappa shape index (κ1) is 27.6. The van der Waals surface area contributed by atoms with Crippen LogP contribution in [0.25, 0.3) is 0 Å². The van der Waals surface area contributed by atoms with Crippen LogP contribution in [-0.2, 0) is 9.59 Å². The van der Waals surface area contributed by atoms with Crippen LogP contribution in [0.1, 0.15) is 83.4 Å². The SMILES string of the molecule is CCCCCCC(CC1(CCCC)C(=O)N(c2ccccc2)N(c2ccccc2)C1=O)C(N)c1ccco1. The predicted octanol–water partition coefficient (Wildman–Crippen LogP) is 7.43. The molecule has 6 heteroatoms. The van der Waals surface area contributed by atoms with Crippen molar-refractivity contribution < 1.29 is 14.0 Å². The van der Waals surface area contributed by atoms with Gasteiger partial charge in [0.05, 0.1) is 23.7 Å². The number of anilines is 2. The summed E-state index contributed by atoms with van der Waals surface area (Å²) in [4.78, 5) is 29.1. The molecule has 2 heterocycles. The molecule has 202 valence electrons. The molecule has 4 rings (SSSR count). The van der Waals surface area contributed by atoms with Crippen LogP contribution in [0.15, 0.2) is 83.5 Å². The second-order valence-corrected chi connectivity index (χ2v) is 10.4. The zero-order chi connectivity index (χ0) is 27.0. The summed E-state index contributed by atoms with van der Waals surface area (Å²) in [5, 5.41) is 3.17. The number of unbranched alkanes of at least 4 members (excludes halogenated alkanes) is 4. The summed E-state index contributed by atoms with van der Waals surface area (Å²) in [7, 11) is 0. The quantitative estimate of drug-likeness (QED) is 0.179. The Bertz CT molecular complexity index is 1090. The number of furan rings is 1. The third-order valence-electron chi connectivity index (χ3n) is 7.78. The van der Waals surface area contributed by atoms with Gasteiger partial charge in [-0.15, -0.1) is 0 Å². The molecule has 1 aliphatic rings. The van der Waals surface area contributed by atoms with E-state index in [0.29, 0.717) is 30.0 Å². The number of benzene rings is 2. The van der Waals surface area contributed by atoms with Crippen LogP contribution in [0.4, 0.5) is 11.4 Å². The maximum atomic E-state index is 14.5. The number of nitrogens with zero attached hydrogens (tertiary/aromatic N) is 2. The van der Waals surface area contributed by atoms with E-state index in [1.807, 2.05) is 72.8 Å². The average Bonchev–Trinajstić information content (AvgIpc) is 3.56. The van der Waals surface area contributed by atoms with Crippen LogP contribution in [-0.4, -0.2) is 11.8 Å². The van der Waals surface area contributed by atoms with Crippen molar-refractivity contribution in [1.29, 1.82) is 0 Å². The van der Waals surface area contributed by atoms with E-state index in [2.05, 4.69) is 13.8 Å². The lowest BCUT2D eigenvalue weighted by atomic mass is 9.71. The maximum Gasteiger partial charge on any atom is 0.262 e. The number of para-hydroxylation sites is 2. The van der Waals surface area contributed by atoms with Gasteiger partial charge in [-0.3, -0.25) is 9.59 Å². The molecule has 0 saturated carbocycles. The Balaban J connectivity index is 1.77. The Hall–Kier alpha value is -3.38. The number of amides is 2. The maximum absolute atomic E-state index is 14.5. The van der Waals surface area contributed by atoms with Gasteiger partial charge in [-0.2, -0.15) is 0 Å². The first-order valence-corrected chi connectivity index (χ1v) is 14.1. The van der Waals surface area contributed by atoms with Crippen molar-refractivity contribution >= 4 is 23.2 Å². The summed E-state index contributed by atoms with van der Waals surface area (Å²) in [5.74, 6) is 0.289. The van der Waals surface area contributed by atoms with Crippen molar-refractivity contribution in [1.82, 2.24) is 0 Å². The van der Waals surface area contributed by atoms with Gasteiger partial charge in [0.15, 0.2) is 0 Å². The van der Waals surface area contributed by atoms with Gasteiger partial charge in [0.1, 0.15) is 11.2 Å². The van der Waals surface area contributed by atoms with Crippen molar-refractivity contribution in [3.63, 3.8) is 0 Å². The molecule has 1 aliphatic heterocycles. The zero-order valence-electron chi connectivity index (χ0n) is 22.7. The standard InChI is InChI=1S/C32H41N3O3/c1-3-5-7-10-16-25(29(33)28-21-15-23-38-28)24-32(22-6-4-2)30(36)34(26-17-11-8-12-18-26)35(31(32)37)27-19-13-9-14-20-27/h8-9,11-15,17-21,23,25,29H,3-7,10,16,22,24,33H2,1-2H3. The number of hydrazine groups is 1. The molecule has 0 spiro atoms. The van der Waals surface area contributed by atoms with E-state index < -0.39 is 5.41 Å². The van der Waals surface area contributed by atoms with Gasteiger partial charge in [-0.05, 0) is 61.6 Å². The van der Waals surface area contributed by atoms with Gasteiger partial charge in [0, 0.05) is 0 Å². The van der Waals surface area contributed by atoms with Crippen LogP contribution in [0.5, 0.6) is 0 Å². The summed E-state index contributed by atoms with van der Waals surface area (Å²) < 4.78 is 5.70. The summed E-state index contributed by atoms with van der Waals surface area (Å²) in [5.41, 5.74) is 6.98. The van der Waals surface area contributed by atoms with Crippen LogP contribution < -0.4 is 15.8 Å². The molecular formula is C32H41N3O3. The zero-order valence-corrected chi connectivity index (χ0v) is 22.7. The van der Waals surface area contributed by atoms with E-state index >= 15 is 0 Å². The van der Waals surface area contributed by atoms with E-state index in [4.69, 9.17) is 10.2 Å². The first-order valence-electron chi connectivity index (χ1n) is 14.1. The minimum atomic E-state index is -1.19. The summed E-state index contributed by atoms with van der Waals surface area (Å²) in [6.45, 7) is 4.29. The molecule has 1 fully saturated rings. The number of hydrogen-bond donors (Lipinski definition) is 1. The highest BCUT2D eigenvalue weighted by atomic mass is 16.3. The molecular weight excluding hydrogens is 474 g/mol. The van der Waals surface area contributed by atoms with Crippen LogP contribution >= 0.6 is 0 Å². The summed E-state index contributed by atoms with van der Waals surface area (Å²) in [6, 6.07) is 22.3. The van der Waals surface area contributed by atoms with E-state index in [9.17, 15) is 9.59 Å². The summed E-state index contributed by atoms with van der Waals surface area (Å²) >= 11 is 0. The number of carbonyl (C=O) groups is 2. The van der Waals surface area contributed by atoms with Crippen LogP contribution in [0.2, 0.25) is 0 Å². The lowest BCUT2D eigenvalue weighted by molar-refractivity contribution is -0.137. The molecule has 2 N–H and O–H groups in total. The molecule has 1 aromatic heterocycles. The molecule has 1 saturated heterocycles. The fraction of sp³-hybridized carbons (Fsp3) is 0.438. The normalized spacial score (nSPS) is 16.7. The molecule has 2 unspecified atom stereocenters. The lowest BCUT2D eigenvalue weighted by Crippen LogP contribution is -2.41. The van der Waals surface area contributed by atoms with Crippen LogP contribution in [0.3, 0.4) is 0 Å². The highest BCUT2D eigenvalue weighted by molar-refractivity contribution is 6.26. The van der Waals surface area contributed by atoms with Gasteiger partial charge in [0.25, 0.3) is 11.8 Å². The average molecular weight is 516 g/mol. The topological polar surface area (TPSA) is 79.8 Å². The highest BCUT2D eigenvalue weighted by Crippen LogP contribution is 2.48. The van der Waals surface area contributed by atoms with Crippen molar-refractivity contribution in [2.45, 2.75) is 77.7 Å². The van der Waals surface area contributed by atoms with Crippen molar-refractivity contribution in [3.05, 3.63) is 84.8 Å². The Kier molecular flexibility index (Phi) is 9.40. The molecule has 3 aromatic rings. The largest absolute Gasteiger partial charge is 0.468 e. The third kappa shape index (κ3) is 5.70. The minimum Gasteiger partial charge on any atom is -0.468 e. The summed E-state index contributed by atoms with van der Waals surface area (Å²) in [6.07, 6.45) is 9.44. The Morgan fingerprint density at radius 2 is 1.34 bits per heavy atom. The molecule has 2 atom stereocenters. The van der Waals surface area contributed by atoms with Gasteiger partial charge in [-0.25, -0.2) is 10.0 Å². The second kappa shape index (κ2) is 12.9. The van der Waals surface area contributed by atoms with E-state index in [0.717, 1.165) is 44.9 Å². The first-order chi connectivity index (χ1) is 18.5. The molecule has 2 amide bonds. The number of carbonyl (C=O) groups excluding carboxylic acids is 2. The van der Waals surface area contributed by atoms with E-state index in [1.165, 1.54) is 0 Å². The van der Waals surface area contributed by atoms with Gasteiger partial charge >= 0.3 is 0 Å². The molecule has 38 heavy (non-hydrogen) atoms. The Morgan fingerprint density at radius 3 is 1.84 bits per heavy atom. The second-order valence-electron chi connectivity index (χ2n) is 10.4. The number of hydrogen-bond acceptors (Lipinski definition) is 4. The van der Waals surface area contributed by atoms with Crippen molar-refractivity contribution in [2.75, 3.05) is 10.0 Å². The van der Waals surface area contributed by atoms with Gasteiger partial charge in [-0.1, -0.05) is 88.8 Å². The Labute approximate surface area is 226 Å². The predicted molar refractivity (Wildman–Crippen MR) is 152 cm³/mol. The highest BCUT2D eigenvalue weighted by Gasteiger charge is 2.59. The van der Waals surface area contributed by atoms with Crippen molar-refractivity contribution in [3.8, 4) is 0 Å². The minimum absolute atomic E-state index is 0.0730. The molecule has 0 bridgehead atoms. The smallest absolute Gasteiger partial charge is 0.262 e. The molecule has 6 nitrogen and oxygen atoms in total. The number of nitrogens with two attached hydrogens (primary N) is 1. The van der Waals surface area contributed by atoms with Crippen molar-refractivity contribution in [2.24, 2.45) is 17.1 Å². The van der Waals surface area contributed by atoms with Crippen LogP contribution in [0, 0.1) is 11.3 Å². The Morgan fingerprint density at radius 1 is 0.763 bits per heavy atom. The van der Waals surface area contributed by atoms with E-state index in [1.54, 1.807) is 16.3 Å². The molecule has 0 aliphatic carbocycles. The van der Waals surface area contributed by atoms with Gasteiger partial charge in [0.2, 0.25) is 0 Å². The van der Waals surface area contributed by atoms with Gasteiger partial charge < -0.3 is 10.2 Å². The fourth-order valence-electron chi connectivity index (χ4n) is 5.65. The third-order valence-corrected chi connectivity index (χ3v) is 7.78. The monoisotopic (exact) mass is 515 g/mol. The molecule has 0 radical (unpaired) electrons. The molecule has 2 aromatic carbocycles. The number of rotatable bonds is 14. The lowest BCUT2D eigenvalue weighted by Gasteiger charge is -2.31. The fourth-order valence-corrected chi connectivity index (χ4v) is 5.65.